The summed E-state index contributed by atoms with van der Waals surface area (Å²) in [5.74, 6) is 0.735. The number of hydrogen-bond donors (Lipinski definition) is 0. The van der Waals surface area contributed by atoms with Crippen LogP contribution in [0, 0.1) is 5.92 Å². The second kappa shape index (κ2) is 5.23. The molecule has 1 heterocycles. The number of ether oxygens (including phenoxy) is 1. The van der Waals surface area contributed by atoms with Gasteiger partial charge >= 0.3 is 0 Å². The van der Waals surface area contributed by atoms with Crippen molar-refractivity contribution in [1.82, 2.24) is 0 Å². The monoisotopic (exact) mass is 246 g/mol. The van der Waals surface area contributed by atoms with Crippen LogP contribution in [0.5, 0.6) is 0 Å². The summed E-state index contributed by atoms with van der Waals surface area (Å²) < 4.78 is 5.63. The molecule has 1 aliphatic rings. The van der Waals surface area contributed by atoms with Gasteiger partial charge in [0, 0.05) is 12.2 Å². The maximum atomic E-state index is 12.5. The minimum Gasteiger partial charge on any atom is -0.367 e. The van der Waals surface area contributed by atoms with E-state index in [0.29, 0.717) is 12.5 Å². The van der Waals surface area contributed by atoms with Gasteiger partial charge in [0.05, 0.1) is 0 Å². The molecule has 18 heavy (non-hydrogen) atoms. The van der Waals surface area contributed by atoms with E-state index in [1.807, 2.05) is 25.1 Å². The van der Waals surface area contributed by atoms with Crippen molar-refractivity contribution in [2.45, 2.75) is 45.6 Å². The van der Waals surface area contributed by atoms with Crippen LogP contribution in [-0.4, -0.2) is 18.0 Å². The molecule has 1 fully saturated rings. The van der Waals surface area contributed by atoms with Gasteiger partial charge in [-0.25, -0.2) is 0 Å². The topological polar surface area (TPSA) is 26.3 Å². The van der Waals surface area contributed by atoms with Gasteiger partial charge in [-0.15, -0.1) is 0 Å². The minimum absolute atomic E-state index is 0.130. The van der Waals surface area contributed by atoms with Gasteiger partial charge in [-0.1, -0.05) is 32.0 Å². The van der Waals surface area contributed by atoms with Crippen LogP contribution in [-0.2, 0) is 11.2 Å². The molecule has 1 saturated heterocycles. The molecule has 0 N–H and O–H groups in total. The highest BCUT2D eigenvalue weighted by Crippen LogP contribution is 2.29. The minimum atomic E-state index is -0.601. The van der Waals surface area contributed by atoms with E-state index in [0.717, 1.165) is 24.8 Å². The molecule has 2 heteroatoms. The largest absolute Gasteiger partial charge is 0.367 e. The molecule has 98 valence electrons. The van der Waals surface area contributed by atoms with Gasteiger partial charge in [-0.05, 0) is 43.7 Å². The summed E-state index contributed by atoms with van der Waals surface area (Å²) in [6, 6.07) is 7.99. The van der Waals surface area contributed by atoms with Crippen LogP contribution in [0.3, 0.4) is 0 Å². The Labute approximate surface area is 109 Å². The fourth-order valence-electron chi connectivity index (χ4n) is 2.57. The van der Waals surface area contributed by atoms with Crippen LogP contribution in [0.1, 0.15) is 49.5 Å². The van der Waals surface area contributed by atoms with Crippen molar-refractivity contribution in [3.63, 3.8) is 0 Å². The van der Waals surface area contributed by atoms with Crippen LogP contribution in [0.2, 0.25) is 0 Å². The standard InChI is InChI=1S/C16H22O2/c1-12(2)10-13-6-4-7-14(11-13)15(17)16(3)8-5-9-18-16/h4,6-7,11-12H,5,8-10H2,1-3H3. The Hall–Kier alpha value is -1.15. The first-order chi connectivity index (χ1) is 8.51. The van der Waals surface area contributed by atoms with E-state index >= 15 is 0 Å². The number of hydrogen-bond acceptors (Lipinski definition) is 2. The van der Waals surface area contributed by atoms with Gasteiger partial charge in [-0.3, -0.25) is 4.79 Å². The van der Waals surface area contributed by atoms with E-state index in [-0.39, 0.29) is 5.78 Å². The molecule has 0 bridgehead atoms. The van der Waals surface area contributed by atoms with Crippen molar-refractivity contribution in [3.8, 4) is 0 Å². The molecule has 0 amide bonds. The van der Waals surface area contributed by atoms with Crippen LogP contribution in [0.4, 0.5) is 0 Å². The number of rotatable bonds is 4. The fourth-order valence-corrected chi connectivity index (χ4v) is 2.57. The van der Waals surface area contributed by atoms with Crippen LogP contribution >= 0.6 is 0 Å². The van der Waals surface area contributed by atoms with Crippen LogP contribution < -0.4 is 0 Å². The lowest BCUT2D eigenvalue weighted by atomic mass is 9.90. The normalized spacial score (nSPS) is 23.6. The SMILES string of the molecule is CC(C)Cc1cccc(C(=O)C2(C)CCCO2)c1. The predicted octanol–water partition coefficient (Wildman–Crippen LogP) is 3.64. The average Bonchev–Trinajstić information content (AvgIpc) is 2.76. The molecular formula is C16H22O2. The molecule has 0 radical (unpaired) electrons. The first kappa shape index (κ1) is 13.3. The maximum Gasteiger partial charge on any atom is 0.194 e. The summed E-state index contributed by atoms with van der Waals surface area (Å²) in [6.45, 7) is 7.00. The lowest BCUT2D eigenvalue weighted by Crippen LogP contribution is -2.34. The number of Topliss-reactive ketones (excluding diaryl/α,β-unsaturated/α-hetero) is 1. The van der Waals surface area contributed by atoms with Gasteiger partial charge in [0.2, 0.25) is 0 Å². The van der Waals surface area contributed by atoms with Crippen molar-refractivity contribution < 1.29 is 9.53 Å². The van der Waals surface area contributed by atoms with E-state index in [1.54, 1.807) is 0 Å². The Morgan fingerprint density at radius 3 is 2.83 bits per heavy atom. The van der Waals surface area contributed by atoms with E-state index in [2.05, 4.69) is 19.9 Å². The van der Waals surface area contributed by atoms with Gasteiger partial charge in [0.15, 0.2) is 5.78 Å². The predicted molar refractivity (Wildman–Crippen MR) is 72.9 cm³/mol. The zero-order valence-electron chi connectivity index (χ0n) is 11.5. The third-order valence-electron chi connectivity index (χ3n) is 3.53. The first-order valence-corrected chi connectivity index (χ1v) is 6.79. The molecule has 0 saturated carbocycles. The molecule has 2 rings (SSSR count). The van der Waals surface area contributed by atoms with Crippen molar-refractivity contribution in [1.29, 1.82) is 0 Å². The molecule has 1 aromatic carbocycles. The molecule has 2 nitrogen and oxygen atoms in total. The van der Waals surface area contributed by atoms with Crippen molar-refractivity contribution in [2.75, 3.05) is 6.61 Å². The van der Waals surface area contributed by atoms with Crippen molar-refractivity contribution in [3.05, 3.63) is 35.4 Å². The molecule has 1 aliphatic heterocycles. The van der Waals surface area contributed by atoms with E-state index in [4.69, 9.17) is 4.74 Å². The zero-order valence-corrected chi connectivity index (χ0v) is 11.5. The highest BCUT2D eigenvalue weighted by molar-refractivity contribution is 6.02. The van der Waals surface area contributed by atoms with Gasteiger partial charge in [0.25, 0.3) is 0 Å². The molecule has 1 atom stereocenters. The summed E-state index contributed by atoms with van der Waals surface area (Å²) in [5.41, 5.74) is 1.42. The summed E-state index contributed by atoms with van der Waals surface area (Å²) in [6.07, 6.45) is 2.83. The molecule has 0 spiro atoms. The van der Waals surface area contributed by atoms with Crippen LogP contribution in [0.25, 0.3) is 0 Å². The Morgan fingerprint density at radius 2 is 2.22 bits per heavy atom. The Morgan fingerprint density at radius 1 is 1.44 bits per heavy atom. The number of ketones is 1. The summed E-state index contributed by atoms with van der Waals surface area (Å²) in [5, 5.41) is 0. The zero-order chi connectivity index (χ0) is 13.2. The Bertz CT molecular complexity index is 428. The third-order valence-corrected chi connectivity index (χ3v) is 3.53. The van der Waals surface area contributed by atoms with Crippen molar-refractivity contribution >= 4 is 5.78 Å². The lowest BCUT2D eigenvalue weighted by Gasteiger charge is -2.21. The van der Waals surface area contributed by atoms with Gasteiger partial charge < -0.3 is 4.74 Å². The van der Waals surface area contributed by atoms with E-state index in [9.17, 15) is 4.79 Å². The molecule has 1 unspecified atom stereocenters. The third kappa shape index (κ3) is 2.81. The summed E-state index contributed by atoms with van der Waals surface area (Å²) >= 11 is 0. The molecular weight excluding hydrogens is 224 g/mol. The van der Waals surface area contributed by atoms with E-state index < -0.39 is 5.60 Å². The quantitative estimate of drug-likeness (QED) is 0.758. The highest BCUT2D eigenvalue weighted by Gasteiger charge is 2.38. The molecule has 0 aromatic heterocycles. The van der Waals surface area contributed by atoms with Crippen molar-refractivity contribution in [2.24, 2.45) is 5.92 Å². The average molecular weight is 246 g/mol. The first-order valence-electron chi connectivity index (χ1n) is 6.79. The second-order valence-corrected chi connectivity index (χ2v) is 5.81. The van der Waals surface area contributed by atoms with E-state index in [1.165, 1.54) is 5.56 Å². The Kier molecular flexibility index (Phi) is 3.86. The fraction of sp³-hybridized carbons (Fsp3) is 0.562. The van der Waals surface area contributed by atoms with Gasteiger partial charge in [-0.2, -0.15) is 0 Å². The summed E-state index contributed by atoms with van der Waals surface area (Å²) in [4.78, 5) is 12.5. The number of benzene rings is 1. The van der Waals surface area contributed by atoms with Crippen LogP contribution in [0.15, 0.2) is 24.3 Å². The highest BCUT2D eigenvalue weighted by atomic mass is 16.5. The molecule has 0 aliphatic carbocycles. The van der Waals surface area contributed by atoms with Gasteiger partial charge in [0.1, 0.15) is 5.60 Å². The number of carbonyl (C=O) groups excluding carboxylic acids is 1. The second-order valence-electron chi connectivity index (χ2n) is 5.81. The smallest absolute Gasteiger partial charge is 0.194 e. The Balaban J connectivity index is 2.20. The number of carbonyl (C=O) groups is 1. The summed E-state index contributed by atoms with van der Waals surface area (Å²) in [7, 11) is 0. The molecule has 1 aromatic rings. The lowest BCUT2D eigenvalue weighted by molar-refractivity contribution is 0.0213. The maximum absolute atomic E-state index is 12.5.